The van der Waals surface area contributed by atoms with Gasteiger partial charge in [0.1, 0.15) is 17.1 Å². The third kappa shape index (κ3) is 2.91. The number of carbonyl (C=O) groups is 1. The van der Waals surface area contributed by atoms with Crippen LogP contribution in [0.5, 0.6) is 0 Å². The lowest BCUT2D eigenvalue weighted by Gasteiger charge is -2.08. The first-order chi connectivity index (χ1) is 9.11. The number of anilines is 1. The summed E-state index contributed by atoms with van der Waals surface area (Å²) in [5.41, 5.74) is 0.417. The lowest BCUT2D eigenvalue weighted by molar-refractivity contribution is 0.102. The van der Waals surface area contributed by atoms with Crippen molar-refractivity contribution in [3.63, 3.8) is 0 Å². The molecule has 0 aliphatic carbocycles. The Morgan fingerprint density at radius 2 is 1.95 bits per heavy atom. The van der Waals surface area contributed by atoms with Gasteiger partial charge in [-0.05, 0) is 19.1 Å². The van der Waals surface area contributed by atoms with Crippen molar-refractivity contribution in [1.29, 1.82) is 0 Å². The molecule has 1 aromatic heterocycles. The summed E-state index contributed by atoms with van der Waals surface area (Å²) in [6, 6.07) is 10.3. The number of carbonyl (C=O) groups excluding carboxylic acids is 1. The van der Waals surface area contributed by atoms with Crippen molar-refractivity contribution in [3.05, 3.63) is 63.7 Å². The summed E-state index contributed by atoms with van der Waals surface area (Å²) in [5, 5.41) is 2.69. The number of aryl methyl sites for hydroxylation is 2. The van der Waals surface area contributed by atoms with Gasteiger partial charge in [0.15, 0.2) is 5.43 Å². The summed E-state index contributed by atoms with van der Waals surface area (Å²) in [7, 11) is 0. The Labute approximate surface area is 111 Å². The van der Waals surface area contributed by atoms with Crippen molar-refractivity contribution >= 4 is 11.6 Å². The quantitative estimate of drug-likeness (QED) is 0.919. The van der Waals surface area contributed by atoms with E-state index in [-0.39, 0.29) is 11.0 Å². The van der Waals surface area contributed by atoms with E-state index < -0.39 is 5.91 Å². The minimum atomic E-state index is -0.434. The number of nitrogens with one attached hydrogen (secondary N) is 1. The zero-order chi connectivity index (χ0) is 13.8. The monoisotopic (exact) mass is 257 g/mol. The Bertz CT molecular complexity index is 644. The molecule has 19 heavy (non-hydrogen) atoms. The minimum Gasteiger partial charge on any atom is -0.465 e. The molecular formula is C15H15NO3. The first-order valence-electron chi connectivity index (χ1n) is 6.12. The Balaban J connectivity index is 2.37. The van der Waals surface area contributed by atoms with E-state index >= 15 is 0 Å². The van der Waals surface area contributed by atoms with Crippen molar-refractivity contribution in [3.8, 4) is 0 Å². The number of benzene rings is 1. The highest BCUT2D eigenvalue weighted by atomic mass is 16.3. The van der Waals surface area contributed by atoms with Crippen molar-refractivity contribution in [2.45, 2.75) is 20.3 Å². The van der Waals surface area contributed by atoms with Gasteiger partial charge in [-0.2, -0.15) is 0 Å². The van der Waals surface area contributed by atoms with E-state index in [0.29, 0.717) is 23.6 Å². The van der Waals surface area contributed by atoms with Crippen LogP contribution < -0.4 is 10.7 Å². The van der Waals surface area contributed by atoms with Crippen LogP contribution in [0.3, 0.4) is 0 Å². The van der Waals surface area contributed by atoms with E-state index in [9.17, 15) is 9.59 Å². The highest BCUT2D eigenvalue weighted by molar-refractivity contribution is 6.04. The van der Waals surface area contributed by atoms with Gasteiger partial charge in [-0.1, -0.05) is 25.1 Å². The molecule has 0 atom stereocenters. The molecule has 0 saturated heterocycles. The standard InChI is InChI=1S/C15H15NO3/c1-3-13-14(12(17)9-10(2)19-13)15(18)16-11-7-5-4-6-8-11/h4-9H,3H2,1-2H3,(H,16,18). The summed E-state index contributed by atoms with van der Waals surface area (Å²) in [5.74, 6) is 0.494. The SMILES string of the molecule is CCc1oc(C)cc(=O)c1C(=O)Nc1ccccc1. The first kappa shape index (κ1) is 13.1. The number of hydrogen-bond donors (Lipinski definition) is 1. The molecule has 0 aliphatic rings. The highest BCUT2D eigenvalue weighted by Gasteiger charge is 2.17. The van der Waals surface area contributed by atoms with Gasteiger partial charge in [0.25, 0.3) is 5.91 Å². The molecule has 0 spiro atoms. The van der Waals surface area contributed by atoms with Gasteiger partial charge in [-0.25, -0.2) is 0 Å². The van der Waals surface area contributed by atoms with E-state index in [1.54, 1.807) is 19.1 Å². The van der Waals surface area contributed by atoms with Gasteiger partial charge in [0.2, 0.25) is 0 Å². The third-order valence-corrected chi connectivity index (χ3v) is 2.72. The van der Waals surface area contributed by atoms with Gasteiger partial charge < -0.3 is 9.73 Å². The lowest BCUT2D eigenvalue weighted by Crippen LogP contribution is -2.23. The van der Waals surface area contributed by atoms with Crippen molar-refractivity contribution in [2.75, 3.05) is 5.32 Å². The summed E-state index contributed by atoms with van der Waals surface area (Å²) in [6.07, 6.45) is 0.495. The van der Waals surface area contributed by atoms with Gasteiger partial charge in [-0.15, -0.1) is 0 Å². The maximum Gasteiger partial charge on any atom is 0.263 e. The number of rotatable bonds is 3. The molecule has 98 valence electrons. The van der Waals surface area contributed by atoms with Crippen molar-refractivity contribution < 1.29 is 9.21 Å². The van der Waals surface area contributed by atoms with Crippen LogP contribution in [-0.2, 0) is 6.42 Å². The molecule has 0 fully saturated rings. The molecule has 0 aliphatic heterocycles. The second-order valence-corrected chi connectivity index (χ2v) is 4.19. The van der Waals surface area contributed by atoms with E-state index in [2.05, 4.69) is 5.32 Å². The zero-order valence-electron chi connectivity index (χ0n) is 10.9. The molecule has 1 amide bonds. The molecule has 0 bridgehead atoms. The summed E-state index contributed by atoms with van der Waals surface area (Å²) in [4.78, 5) is 24.1. The molecule has 4 heteroatoms. The summed E-state index contributed by atoms with van der Waals surface area (Å²) < 4.78 is 5.44. The predicted molar refractivity (Wildman–Crippen MR) is 73.5 cm³/mol. The second kappa shape index (κ2) is 5.52. The van der Waals surface area contributed by atoms with Crippen LogP contribution >= 0.6 is 0 Å². The van der Waals surface area contributed by atoms with Crippen LogP contribution in [0.15, 0.2) is 45.6 Å². The van der Waals surface area contributed by atoms with Crippen LogP contribution in [0.1, 0.15) is 28.8 Å². The highest BCUT2D eigenvalue weighted by Crippen LogP contribution is 2.12. The smallest absolute Gasteiger partial charge is 0.263 e. The number of hydrogen-bond acceptors (Lipinski definition) is 3. The van der Waals surface area contributed by atoms with Gasteiger partial charge in [0.05, 0.1) is 0 Å². The molecule has 1 aromatic carbocycles. The lowest BCUT2D eigenvalue weighted by atomic mass is 10.1. The fourth-order valence-corrected chi connectivity index (χ4v) is 1.87. The fraction of sp³-hybridized carbons (Fsp3) is 0.200. The predicted octanol–water partition coefficient (Wildman–Crippen LogP) is 2.76. The van der Waals surface area contributed by atoms with Gasteiger partial charge >= 0.3 is 0 Å². The van der Waals surface area contributed by atoms with Crippen LogP contribution in [0.25, 0.3) is 0 Å². The van der Waals surface area contributed by atoms with Crippen molar-refractivity contribution in [1.82, 2.24) is 0 Å². The summed E-state index contributed by atoms with van der Waals surface area (Å²) in [6.45, 7) is 3.54. The first-order valence-corrected chi connectivity index (χ1v) is 6.12. The van der Waals surface area contributed by atoms with Gasteiger partial charge in [-0.3, -0.25) is 9.59 Å². The fourth-order valence-electron chi connectivity index (χ4n) is 1.87. The van der Waals surface area contributed by atoms with E-state index in [0.717, 1.165) is 0 Å². The Morgan fingerprint density at radius 3 is 2.58 bits per heavy atom. The van der Waals surface area contributed by atoms with E-state index in [4.69, 9.17) is 4.42 Å². The Morgan fingerprint density at radius 1 is 1.26 bits per heavy atom. The molecular weight excluding hydrogens is 242 g/mol. The Hall–Kier alpha value is -2.36. The maximum atomic E-state index is 12.2. The molecule has 4 nitrogen and oxygen atoms in total. The molecule has 0 radical (unpaired) electrons. The number of amides is 1. The second-order valence-electron chi connectivity index (χ2n) is 4.19. The van der Waals surface area contributed by atoms with E-state index in [1.165, 1.54) is 6.07 Å². The van der Waals surface area contributed by atoms with E-state index in [1.807, 2.05) is 25.1 Å². The largest absolute Gasteiger partial charge is 0.465 e. The van der Waals surface area contributed by atoms with Crippen LogP contribution in [0.2, 0.25) is 0 Å². The van der Waals surface area contributed by atoms with Gasteiger partial charge in [0, 0.05) is 18.2 Å². The number of para-hydroxylation sites is 1. The zero-order valence-corrected chi connectivity index (χ0v) is 10.9. The molecule has 1 N–H and O–H groups in total. The maximum absolute atomic E-state index is 12.2. The molecule has 2 rings (SSSR count). The van der Waals surface area contributed by atoms with Crippen LogP contribution in [0.4, 0.5) is 5.69 Å². The summed E-state index contributed by atoms with van der Waals surface area (Å²) >= 11 is 0. The third-order valence-electron chi connectivity index (χ3n) is 2.72. The normalized spacial score (nSPS) is 10.2. The average Bonchev–Trinajstić information content (AvgIpc) is 2.38. The Kier molecular flexibility index (Phi) is 3.80. The molecule has 2 aromatic rings. The van der Waals surface area contributed by atoms with Crippen molar-refractivity contribution in [2.24, 2.45) is 0 Å². The average molecular weight is 257 g/mol. The topological polar surface area (TPSA) is 59.3 Å². The minimum absolute atomic E-state index is 0.0805. The van der Waals surface area contributed by atoms with Crippen LogP contribution in [-0.4, -0.2) is 5.91 Å². The molecule has 0 saturated carbocycles. The van der Waals surface area contributed by atoms with Crippen LogP contribution in [0, 0.1) is 6.92 Å². The molecule has 1 heterocycles. The molecule has 0 unspecified atom stereocenters.